The van der Waals surface area contributed by atoms with E-state index in [-0.39, 0.29) is 6.42 Å². The first-order valence-corrected chi connectivity index (χ1v) is 8.78. The van der Waals surface area contributed by atoms with Crippen molar-refractivity contribution < 1.29 is 19.5 Å². The topological polar surface area (TPSA) is 68.1 Å². The van der Waals surface area contributed by atoms with E-state index in [4.69, 9.17) is 14.7 Å². The first-order chi connectivity index (χ1) is 12.6. The van der Waals surface area contributed by atoms with Crippen LogP contribution in [0, 0.1) is 6.92 Å². The number of rotatable bonds is 10. The first kappa shape index (κ1) is 19.5. The van der Waals surface area contributed by atoms with E-state index in [0.29, 0.717) is 24.5 Å². The Morgan fingerprint density at radius 2 is 1.88 bits per heavy atom. The van der Waals surface area contributed by atoms with Crippen molar-refractivity contribution in [3.05, 3.63) is 65.2 Å². The molecule has 5 heteroatoms. The molecule has 0 saturated carbocycles. The highest BCUT2D eigenvalue weighted by Gasteiger charge is 2.04. The molecule has 0 amide bonds. The Morgan fingerprint density at radius 3 is 2.58 bits per heavy atom. The number of carbonyl (C=O) groups is 1. The molecule has 0 atom stereocenters. The van der Waals surface area contributed by atoms with Gasteiger partial charge < -0.3 is 14.7 Å². The maximum atomic E-state index is 10.8. The fourth-order valence-corrected chi connectivity index (χ4v) is 2.47. The average molecular weight is 355 g/mol. The summed E-state index contributed by atoms with van der Waals surface area (Å²) in [6, 6.07) is 15.3. The van der Waals surface area contributed by atoms with E-state index < -0.39 is 5.97 Å². The van der Waals surface area contributed by atoms with Gasteiger partial charge in [-0.3, -0.25) is 4.79 Å². The van der Waals surface area contributed by atoms with Crippen LogP contribution in [0.2, 0.25) is 0 Å². The van der Waals surface area contributed by atoms with Gasteiger partial charge in [0.05, 0.1) is 12.1 Å². The average Bonchev–Trinajstić information content (AvgIpc) is 2.61. The minimum absolute atomic E-state index is 0.0189. The van der Waals surface area contributed by atoms with E-state index in [9.17, 15) is 4.79 Å². The van der Waals surface area contributed by atoms with Crippen LogP contribution >= 0.6 is 0 Å². The van der Waals surface area contributed by atoms with Crippen LogP contribution in [-0.2, 0) is 16.1 Å². The Balaban J connectivity index is 1.85. The Hall–Kier alpha value is -2.82. The van der Waals surface area contributed by atoms with Gasteiger partial charge in [0.15, 0.2) is 6.61 Å². The summed E-state index contributed by atoms with van der Waals surface area (Å²) in [7, 11) is 0. The minimum Gasteiger partial charge on any atom is -0.490 e. The smallest absolute Gasteiger partial charge is 0.307 e. The van der Waals surface area contributed by atoms with Gasteiger partial charge in [0.1, 0.15) is 12.4 Å². The molecule has 138 valence electrons. The highest BCUT2D eigenvalue weighted by Crippen LogP contribution is 2.14. The van der Waals surface area contributed by atoms with Gasteiger partial charge in [-0.2, -0.15) is 0 Å². The highest BCUT2D eigenvalue weighted by atomic mass is 16.6. The fraction of sp³-hybridized carbons (Fsp3) is 0.333. The summed E-state index contributed by atoms with van der Waals surface area (Å²) in [6.07, 6.45) is 1.82. The highest BCUT2D eigenvalue weighted by molar-refractivity contribution is 6.00. The zero-order valence-corrected chi connectivity index (χ0v) is 15.3. The Labute approximate surface area is 154 Å². The van der Waals surface area contributed by atoms with Gasteiger partial charge in [-0.25, -0.2) is 0 Å². The Bertz CT molecular complexity index is 738. The predicted octanol–water partition coefficient (Wildman–Crippen LogP) is 4.22. The number of carboxylic acids is 1. The second-order valence-corrected chi connectivity index (χ2v) is 6.05. The van der Waals surface area contributed by atoms with Gasteiger partial charge >= 0.3 is 5.97 Å². The lowest BCUT2D eigenvalue weighted by atomic mass is 10.0. The second-order valence-electron chi connectivity index (χ2n) is 6.05. The summed E-state index contributed by atoms with van der Waals surface area (Å²) in [5.41, 5.74) is 3.92. The third kappa shape index (κ3) is 6.59. The molecule has 5 nitrogen and oxygen atoms in total. The van der Waals surface area contributed by atoms with Crippen LogP contribution in [0.4, 0.5) is 0 Å². The standard InChI is InChI=1S/C21H25NO4/c1-3-5-20(18-10-8-16(2)9-11-18)22-26-13-12-25-19-7-4-6-17(14-19)15-21(23)24/h4,6-11,14H,3,5,12-13,15H2,1-2H3,(H,23,24)/b22-20+. The molecule has 0 aromatic heterocycles. The van der Waals surface area contributed by atoms with Gasteiger partial charge in [0.2, 0.25) is 0 Å². The van der Waals surface area contributed by atoms with E-state index in [2.05, 4.69) is 43.3 Å². The number of oxime groups is 1. The van der Waals surface area contributed by atoms with E-state index in [1.54, 1.807) is 24.3 Å². The number of benzene rings is 2. The van der Waals surface area contributed by atoms with Crippen molar-refractivity contribution in [3.8, 4) is 5.75 Å². The molecule has 0 aliphatic rings. The Kier molecular flexibility index (Phi) is 7.68. The molecule has 0 saturated heterocycles. The van der Waals surface area contributed by atoms with Gasteiger partial charge in [0.25, 0.3) is 0 Å². The van der Waals surface area contributed by atoms with Crippen molar-refractivity contribution in [3.63, 3.8) is 0 Å². The molecule has 2 rings (SSSR count). The van der Waals surface area contributed by atoms with Gasteiger partial charge in [0, 0.05) is 0 Å². The molecule has 2 aromatic rings. The van der Waals surface area contributed by atoms with Crippen LogP contribution in [0.15, 0.2) is 53.7 Å². The van der Waals surface area contributed by atoms with E-state index in [1.807, 2.05) is 0 Å². The molecule has 2 aromatic carbocycles. The summed E-state index contributed by atoms with van der Waals surface area (Å²) in [5.74, 6) is -0.233. The molecule has 0 unspecified atom stereocenters. The zero-order valence-electron chi connectivity index (χ0n) is 15.3. The lowest BCUT2D eigenvalue weighted by molar-refractivity contribution is -0.136. The number of aryl methyl sites for hydroxylation is 1. The molecule has 0 spiro atoms. The molecule has 1 N–H and O–H groups in total. The third-order valence-corrected chi connectivity index (χ3v) is 3.74. The summed E-state index contributed by atoms with van der Waals surface area (Å²) in [4.78, 5) is 16.2. The third-order valence-electron chi connectivity index (χ3n) is 3.74. The van der Waals surface area contributed by atoms with Crippen LogP contribution in [0.3, 0.4) is 0 Å². The lowest BCUT2D eigenvalue weighted by Gasteiger charge is -2.08. The number of hydrogen-bond acceptors (Lipinski definition) is 4. The molecule has 0 bridgehead atoms. The van der Waals surface area contributed by atoms with Crippen molar-refractivity contribution in [1.29, 1.82) is 0 Å². The van der Waals surface area contributed by atoms with Crippen molar-refractivity contribution in [2.75, 3.05) is 13.2 Å². The maximum Gasteiger partial charge on any atom is 0.307 e. The summed E-state index contributed by atoms with van der Waals surface area (Å²) in [6.45, 7) is 4.83. The zero-order chi connectivity index (χ0) is 18.8. The molecule has 0 fully saturated rings. The number of nitrogens with zero attached hydrogens (tertiary/aromatic N) is 1. The molecule has 0 aliphatic heterocycles. The van der Waals surface area contributed by atoms with Crippen LogP contribution in [0.1, 0.15) is 36.5 Å². The number of ether oxygens (including phenoxy) is 1. The van der Waals surface area contributed by atoms with Crippen molar-refractivity contribution in [2.45, 2.75) is 33.1 Å². The summed E-state index contributed by atoms with van der Waals surface area (Å²) < 4.78 is 5.60. The number of carboxylic acid groups (broad SMARTS) is 1. The van der Waals surface area contributed by atoms with Gasteiger partial charge in [-0.15, -0.1) is 0 Å². The number of aliphatic carboxylic acids is 1. The normalized spacial score (nSPS) is 11.2. The molecule has 0 heterocycles. The Morgan fingerprint density at radius 1 is 1.12 bits per heavy atom. The van der Waals surface area contributed by atoms with Crippen molar-refractivity contribution in [2.24, 2.45) is 5.16 Å². The van der Waals surface area contributed by atoms with Gasteiger partial charge in [-0.1, -0.05) is 60.5 Å². The molecule has 26 heavy (non-hydrogen) atoms. The van der Waals surface area contributed by atoms with Crippen molar-refractivity contribution in [1.82, 2.24) is 0 Å². The van der Waals surface area contributed by atoms with Gasteiger partial charge in [-0.05, 0) is 36.6 Å². The predicted molar refractivity (Wildman–Crippen MR) is 102 cm³/mol. The second kappa shape index (κ2) is 10.2. The lowest BCUT2D eigenvalue weighted by Crippen LogP contribution is -2.07. The van der Waals surface area contributed by atoms with Crippen LogP contribution in [0.5, 0.6) is 5.75 Å². The summed E-state index contributed by atoms with van der Waals surface area (Å²) in [5, 5.41) is 13.1. The van der Waals surface area contributed by atoms with Crippen LogP contribution < -0.4 is 4.74 Å². The quantitative estimate of drug-likeness (QED) is 0.393. The molecular formula is C21H25NO4. The molecular weight excluding hydrogens is 330 g/mol. The van der Waals surface area contributed by atoms with E-state index in [1.165, 1.54) is 5.56 Å². The maximum absolute atomic E-state index is 10.8. The van der Waals surface area contributed by atoms with Crippen LogP contribution in [-0.4, -0.2) is 30.0 Å². The first-order valence-electron chi connectivity index (χ1n) is 8.78. The molecule has 0 radical (unpaired) electrons. The van der Waals surface area contributed by atoms with Crippen LogP contribution in [0.25, 0.3) is 0 Å². The van der Waals surface area contributed by atoms with E-state index >= 15 is 0 Å². The number of hydrogen-bond donors (Lipinski definition) is 1. The van der Waals surface area contributed by atoms with Crippen molar-refractivity contribution >= 4 is 11.7 Å². The SMILES string of the molecule is CCC/C(=N\OCCOc1cccc(CC(=O)O)c1)c1ccc(C)cc1. The van der Waals surface area contributed by atoms with E-state index in [0.717, 1.165) is 24.1 Å². The minimum atomic E-state index is -0.862. The fourth-order valence-electron chi connectivity index (χ4n) is 2.47. The molecule has 0 aliphatic carbocycles. The largest absolute Gasteiger partial charge is 0.490 e. The monoisotopic (exact) mass is 355 g/mol. The summed E-state index contributed by atoms with van der Waals surface area (Å²) >= 11 is 0.